The molecule has 114 valence electrons. The molecular weight excluding hydrogens is 285 g/mol. The highest BCUT2D eigenvalue weighted by Gasteiger charge is 2.30. The third-order valence-electron chi connectivity index (χ3n) is 3.40. The van der Waals surface area contributed by atoms with Crippen molar-refractivity contribution in [1.29, 1.82) is 0 Å². The van der Waals surface area contributed by atoms with Crippen molar-refractivity contribution in [2.75, 3.05) is 11.9 Å². The Morgan fingerprint density at radius 3 is 2.24 bits per heavy atom. The molecule has 2 amide bonds. The van der Waals surface area contributed by atoms with Crippen LogP contribution < -0.4 is 10.6 Å². The van der Waals surface area contributed by atoms with Crippen molar-refractivity contribution < 1.29 is 22.8 Å². The SMILES string of the molecule is O=C(CNC(=O)C1CCC1)Nc1ccc(C(F)(F)F)cc1. The highest BCUT2D eigenvalue weighted by atomic mass is 19.4. The van der Waals surface area contributed by atoms with Gasteiger partial charge in [0.05, 0.1) is 12.1 Å². The molecule has 0 aliphatic heterocycles. The number of hydrogen-bond acceptors (Lipinski definition) is 2. The van der Waals surface area contributed by atoms with Crippen LogP contribution in [0.5, 0.6) is 0 Å². The lowest BCUT2D eigenvalue weighted by atomic mass is 9.85. The van der Waals surface area contributed by atoms with Crippen LogP contribution in [-0.2, 0) is 15.8 Å². The van der Waals surface area contributed by atoms with Crippen LogP contribution in [-0.4, -0.2) is 18.4 Å². The Labute approximate surface area is 119 Å². The summed E-state index contributed by atoms with van der Waals surface area (Å²) in [7, 11) is 0. The first kappa shape index (κ1) is 15.3. The van der Waals surface area contributed by atoms with Gasteiger partial charge in [0.2, 0.25) is 11.8 Å². The molecule has 0 radical (unpaired) electrons. The van der Waals surface area contributed by atoms with E-state index in [0.717, 1.165) is 31.4 Å². The number of benzene rings is 1. The van der Waals surface area contributed by atoms with Gasteiger partial charge in [0.15, 0.2) is 0 Å². The third kappa shape index (κ3) is 4.21. The summed E-state index contributed by atoms with van der Waals surface area (Å²) < 4.78 is 37.1. The number of hydrogen-bond donors (Lipinski definition) is 2. The van der Waals surface area contributed by atoms with Crippen molar-refractivity contribution in [3.63, 3.8) is 0 Å². The standard InChI is InChI=1S/C14H15F3N2O2/c15-14(16,17)10-4-6-11(7-5-10)19-12(20)8-18-13(21)9-2-1-3-9/h4-7,9H,1-3,8H2,(H,18,21)(H,19,20). The van der Waals surface area contributed by atoms with Crippen LogP contribution in [0.1, 0.15) is 24.8 Å². The molecule has 1 aromatic carbocycles. The maximum absolute atomic E-state index is 12.4. The summed E-state index contributed by atoms with van der Waals surface area (Å²) in [6.07, 6.45) is -1.70. The summed E-state index contributed by atoms with van der Waals surface area (Å²) >= 11 is 0. The largest absolute Gasteiger partial charge is 0.416 e. The Hall–Kier alpha value is -2.05. The molecule has 7 heteroatoms. The van der Waals surface area contributed by atoms with Crippen molar-refractivity contribution in [3.05, 3.63) is 29.8 Å². The van der Waals surface area contributed by atoms with E-state index in [2.05, 4.69) is 10.6 Å². The van der Waals surface area contributed by atoms with Gasteiger partial charge in [-0.2, -0.15) is 13.2 Å². The van der Waals surface area contributed by atoms with Crippen LogP contribution in [0.15, 0.2) is 24.3 Å². The summed E-state index contributed by atoms with van der Waals surface area (Å²) in [6.45, 7) is -0.184. The average Bonchev–Trinajstić information content (AvgIpc) is 2.34. The normalized spacial score (nSPS) is 15.2. The fraction of sp³-hybridized carbons (Fsp3) is 0.429. The quantitative estimate of drug-likeness (QED) is 0.898. The number of halogens is 3. The molecule has 0 spiro atoms. The number of rotatable bonds is 4. The molecule has 21 heavy (non-hydrogen) atoms. The zero-order valence-corrected chi connectivity index (χ0v) is 11.2. The van der Waals surface area contributed by atoms with Gasteiger partial charge in [-0.05, 0) is 37.1 Å². The second kappa shape index (κ2) is 6.15. The summed E-state index contributed by atoms with van der Waals surface area (Å²) in [5, 5.41) is 4.94. The van der Waals surface area contributed by atoms with Gasteiger partial charge in [0, 0.05) is 11.6 Å². The molecule has 0 unspecified atom stereocenters. The van der Waals surface area contributed by atoms with Crippen LogP contribution in [0.2, 0.25) is 0 Å². The van der Waals surface area contributed by atoms with E-state index in [-0.39, 0.29) is 24.1 Å². The van der Waals surface area contributed by atoms with Gasteiger partial charge in [-0.1, -0.05) is 6.42 Å². The average molecular weight is 300 g/mol. The summed E-state index contributed by atoms with van der Waals surface area (Å²) in [6, 6.07) is 4.13. The van der Waals surface area contributed by atoms with Gasteiger partial charge >= 0.3 is 6.18 Å². The molecule has 2 N–H and O–H groups in total. The van der Waals surface area contributed by atoms with Crippen molar-refractivity contribution in [2.24, 2.45) is 5.92 Å². The van der Waals surface area contributed by atoms with Crippen LogP contribution in [0, 0.1) is 5.92 Å². The fourth-order valence-corrected chi connectivity index (χ4v) is 1.93. The highest BCUT2D eigenvalue weighted by Crippen LogP contribution is 2.29. The Bertz CT molecular complexity index is 522. The minimum absolute atomic E-state index is 0.0103. The van der Waals surface area contributed by atoms with Gasteiger partial charge in [-0.15, -0.1) is 0 Å². The van der Waals surface area contributed by atoms with Crippen LogP contribution >= 0.6 is 0 Å². The van der Waals surface area contributed by atoms with E-state index in [1.807, 2.05) is 0 Å². The predicted molar refractivity (Wildman–Crippen MR) is 70.4 cm³/mol. The Morgan fingerprint density at radius 1 is 1.14 bits per heavy atom. The maximum atomic E-state index is 12.4. The molecule has 4 nitrogen and oxygen atoms in total. The van der Waals surface area contributed by atoms with Gasteiger partial charge in [0.25, 0.3) is 0 Å². The topological polar surface area (TPSA) is 58.2 Å². The Morgan fingerprint density at radius 2 is 1.76 bits per heavy atom. The first-order valence-electron chi connectivity index (χ1n) is 6.61. The van der Waals surface area contributed by atoms with E-state index < -0.39 is 17.6 Å². The predicted octanol–water partition coefficient (Wildman–Crippen LogP) is 2.56. The minimum Gasteiger partial charge on any atom is -0.347 e. The summed E-state index contributed by atoms with van der Waals surface area (Å²) in [5.41, 5.74) is -0.523. The van der Waals surface area contributed by atoms with E-state index in [4.69, 9.17) is 0 Å². The number of carbonyl (C=O) groups is 2. The molecule has 1 aromatic rings. The molecule has 1 fully saturated rings. The van der Waals surface area contributed by atoms with Crippen molar-refractivity contribution >= 4 is 17.5 Å². The number of amides is 2. The zero-order valence-electron chi connectivity index (χ0n) is 11.2. The van der Waals surface area contributed by atoms with Gasteiger partial charge in [-0.3, -0.25) is 9.59 Å². The molecule has 2 rings (SSSR count). The smallest absolute Gasteiger partial charge is 0.347 e. The number of anilines is 1. The fourth-order valence-electron chi connectivity index (χ4n) is 1.93. The maximum Gasteiger partial charge on any atom is 0.416 e. The lowest BCUT2D eigenvalue weighted by Crippen LogP contribution is -2.39. The molecule has 0 atom stereocenters. The Balaban J connectivity index is 1.80. The lowest BCUT2D eigenvalue weighted by Gasteiger charge is -2.23. The molecule has 0 bridgehead atoms. The number of nitrogens with one attached hydrogen (secondary N) is 2. The third-order valence-corrected chi connectivity index (χ3v) is 3.40. The summed E-state index contributed by atoms with van der Waals surface area (Å²) in [4.78, 5) is 23.1. The van der Waals surface area contributed by atoms with Crippen LogP contribution in [0.4, 0.5) is 18.9 Å². The monoisotopic (exact) mass is 300 g/mol. The van der Waals surface area contributed by atoms with E-state index in [9.17, 15) is 22.8 Å². The van der Waals surface area contributed by atoms with Crippen LogP contribution in [0.3, 0.4) is 0 Å². The van der Waals surface area contributed by atoms with E-state index in [1.165, 1.54) is 12.1 Å². The second-order valence-electron chi connectivity index (χ2n) is 4.97. The van der Waals surface area contributed by atoms with Gasteiger partial charge in [-0.25, -0.2) is 0 Å². The second-order valence-corrected chi connectivity index (χ2v) is 4.97. The molecule has 0 saturated heterocycles. The summed E-state index contributed by atoms with van der Waals surface area (Å²) in [5.74, 6) is -0.630. The van der Waals surface area contributed by atoms with Crippen molar-refractivity contribution in [3.8, 4) is 0 Å². The molecule has 1 aliphatic rings. The zero-order chi connectivity index (χ0) is 15.5. The minimum atomic E-state index is -4.40. The first-order valence-corrected chi connectivity index (χ1v) is 6.61. The lowest BCUT2D eigenvalue weighted by molar-refractivity contribution is -0.137. The molecule has 0 heterocycles. The molecular formula is C14H15F3N2O2. The van der Waals surface area contributed by atoms with E-state index >= 15 is 0 Å². The van der Waals surface area contributed by atoms with Gasteiger partial charge in [0.1, 0.15) is 0 Å². The molecule has 1 aliphatic carbocycles. The molecule has 1 saturated carbocycles. The number of carbonyl (C=O) groups excluding carboxylic acids is 2. The first-order chi connectivity index (χ1) is 9.86. The van der Waals surface area contributed by atoms with Crippen LogP contribution in [0.25, 0.3) is 0 Å². The van der Waals surface area contributed by atoms with Crippen molar-refractivity contribution in [2.45, 2.75) is 25.4 Å². The van der Waals surface area contributed by atoms with E-state index in [1.54, 1.807) is 0 Å². The number of alkyl halides is 3. The Kier molecular flexibility index (Phi) is 4.50. The van der Waals surface area contributed by atoms with Crippen molar-refractivity contribution in [1.82, 2.24) is 5.32 Å². The van der Waals surface area contributed by atoms with Gasteiger partial charge < -0.3 is 10.6 Å². The highest BCUT2D eigenvalue weighted by molar-refractivity contribution is 5.94. The molecule has 0 aromatic heterocycles. The van der Waals surface area contributed by atoms with E-state index in [0.29, 0.717) is 0 Å².